The van der Waals surface area contributed by atoms with Crippen molar-refractivity contribution in [3.8, 4) is 0 Å². The third kappa shape index (κ3) is 4.72. The molecule has 0 aliphatic rings. The van der Waals surface area contributed by atoms with Crippen LogP contribution in [0.5, 0.6) is 0 Å². The van der Waals surface area contributed by atoms with E-state index in [1.165, 1.54) is 16.2 Å². The van der Waals surface area contributed by atoms with E-state index in [9.17, 15) is 9.59 Å². The second-order valence-electron chi connectivity index (χ2n) is 6.93. The number of rotatable bonds is 3. The van der Waals surface area contributed by atoms with E-state index < -0.39 is 11.7 Å². The van der Waals surface area contributed by atoms with Crippen molar-refractivity contribution < 1.29 is 14.3 Å². The summed E-state index contributed by atoms with van der Waals surface area (Å²) in [7, 11) is 1.58. The Hall–Kier alpha value is -2.61. The first-order valence-corrected chi connectivity index (χ1v) is 8.91. The molecule has 3 N–H and O–H groups in total. The van der Waals surface area contributed by atoms with E-state index in [1.807, 2.05) is 13.8 Å². The number of carbonyl (C=O) groups is 2. The number of thiazole rings is 1. The number of hydrogen-bond donors (Lipinski definition) is 2. The summed E-state index contributed by atoms with van der Waals surface area (Å²) < 4.78 is 5.34. The number of amides is 2. The van der Waals surface area contributed by atoms with E-state index in [0.29, 0.717) is 16.5 Å². The van der Waals surface area contributed by atoms with Crippen LogP contribution in [0.4, 0.5) is 21.3 Å². The summed E-state index contributed by atoms with van der Waals surface area (Å²) in [6.45, 7) is 9.19. The van der Waals surface area contributed by atoms with Crippen LogP contribution in [0, 0.1) is 13.8 Å². The average Bonchev–Trinajstić information content (AvgIpc) is 2.83. The quantitative estimate of drug-likeness (QED) is 0.790. The lowest BCUT2D eigenvalue weighted by Crippen LogP contribution is -2.34. The lowest BCUT2D eigenvalue weighted by atomic mass is 10.1. The van der Waals surface area contributed by atoms with Crippen LogP contribution in [0.25, 0.3) is 0 Å². The number of aryl methyl sites for hydroxylation is 2. The highest BCUT2D eigenvalue weighted by molar-refractivity contribution is 7.15. The van der Waals surface area contributed by atoms with E-state index in [1.54, 1.807) is 46.0 Å². The Morgan fingerprint density at radius 3 is 2.46 bits per heavy atom. The molecule has 0 spiro atoms. The molecular weight excluding hydrogens is 352 g/mol. The van der Waals surface area contributed by atoms with Crippen LogP contribution < -0.4 is 16.0 Å². The summed E-state index contributed by atoms with van der Waals surface area (Å²) in [4.78, 5) is 31.4. The molecular formula is C18H24N4O3S. The molecule has 0 aliphatic heterocycles. The fraction of sp³-hybridized carbons (Fsp3) is 0.389. The molecule has 0 unspecified atom stereocenters. The summed E-state index contributed by atoms with van der Waals surface area (Å²) >= 11 is 1.40. The van der Waals surface area contributed by atoms with Gasteiger partial charge in [0.25, 0.3) is 5.91 Å². The average molecular weight is 376 g/mol. The van der Waals surface area contributed by atoms with Crippen molar-refractivity contribution in [3.05, 3.63) is 34.3 Å². The van der Waals surface area contributed by atoms with Crippen molar-refractivity contribution in [2.24, 2.45) is 0 Å². The maximum absolute atomic E-state index is 12.6. The van der Waals surface area contributed by atoms with Gasteiger partial charge in [-0.05, 0) is 52.8 Å². The van der Waals surface area contributed by atoms with Gasteiger partial charge in [0.1, 0.15) is 5.60 Å². The zero-order valence-corrected chi connectivity index (χ0v) is 16.7. The Morgan fingerprint density at radius 1 is 1.27 bits per heavy atom. The van der Waals surface area contributed by atoms with Gasteiger partial charge in [-0.1, -0.05) is 0 Å². The second kappa shape index (κ2) is 7.33. The van der Waals surface area contributed by atoms with Gasteiger partial charge in [0.15, 0.2) is 5.13 Å². The predicted molar refractivity (Wildman–Crippen MR) is 105 cm³/mol. The van der Waals surface area contributed by atoms with E-state index in [-0.39, 0.29) is 11.5 Å². The molecule has 2 aromatic rings. The fourth-order valence-electron chi connectivity index (χ4n) is 2.08. The van der Waals surface area contributed by atoms with Gasteiger partial charge in [0, 0.05) is 23.3 Å². The van der Waals surface area contributed by atoms with E-state index in [4.69, 9.17) is 10.5 Å². The van der Waals surface area contributed by atoms with Crippen LogP contribution in [0.3, 0.4) is 0 Å². The second-order valence-corrected chi connectivity index (χ2v) is 8.13. The highest BCUT2D eigenvalue weighted by Gasteiger charge is 2.22. The predicted octanol–water partition coefficient (Wildman–Crippen LogP) is 3.97. The molecule has 0 fully saturated rings. The minimum Gasteiger partial charge on any atom is -0.443 e. The molecule has 2 rings (SSSR count). The SMILES string of the molecule is Cc1nc(NC(=O)c2cc(N(C)C(=O)OC(C)(C)C)ccc2N)sc1C. The first kappa shape index (κ1) is 19.7. The van der Waals surface area contributed by atoms with Crippen LogP contribution in [-0.2, 0) is 4.74 Å². The zero-order valence-electron chi connectivity index (χ0n) is 15.8. The van der Waals surface area contributed by atoms with Crippen LogP contribution >= 0.6 is 11.3 Å². The Bertz CT molecular complexity index is 820. The number of aromatic nitrogens is 1. The fourth-order valence-corrected chi connectivity index (χ4v) is 2.89. The topological polar surface area (TPSA) is 97.5 Å². The van der Waals surface area contributed by atoms with Gasteiger partial charge in [-0.2, -0.15) is 0 Å². The molecule has 0 saturated carbocycles. The maximum atomic E-state index is 12.6. The van der Waals surface area contributed by atoms with Crippen molar-refractivity contribution >= 4 is 39.8 Å². The molecule has 26 heavy (non-hydrogen) atoms. The lowest BCUT2D eigenvalue weighted by molar-refractivity contribution is 0.0589. The summed E-state index contributed by atoms with van der Waals surface area (Å²) in [6, 6.07) is 4.80. The number of nitrogen functional groups attached to an aromatic ring is 1. The number of anilines is 3. The number of nitrogens with two attached hydrogens (primary N) is 1. The van der Waals surface area contributed by atoms with Gasteiger partial charge in [-0.15, -0.1) is 11.3 Å². The van der Waals surface area contributed by atoms with Crippen molar-refractivity contribution in [3.63, 3.8) is 0 Å². The van der Waals surface area contributed by atoms with E-state index >= 15 is 0 Å². The molecule has 2 amide bonds. The summed E-state index contributed by atoms with van der Waals surface area (Å²) in [5, 5.41) is 3.26. The van der Waals surface area contributed by atoms with Crippen molar-refractivity contribution in [1.29, 1.82) is 0 Å². The molecule has 0 atom stereocenters. The van der Waals surface area contributed by atoms with Crippen LogP contribution in [0.1, 0.15) is 41.7 Å². The van der Waals surface area contributed by atoms with Crippen molar-refractivity contribution in [1.82, 2.24) is 4.98 Å². The lowest BCUT2D eigenvalue weighted by Gasteiger charge is -2.25. The van der Waals surface area contributed by atoms with Gasteiger partial charge in [0.05, 0.1) is 11.3 Å². The normalized spacial score (nSPS) is 11.2. The van der Waals surface area contributed by atoms with Crippen molar-refractivity contribution in [2.45, 2.75) is 40.2 Å². The van der Waals surface area contributed by atoms with Crippen LogP contribution in [0.15, 0.2) is 18.2 Å². The molecule has 7 nitrogen and oxygen atoms in total. The van der Waals surface area contributed by atoms with Crippen LogP contribution in [-0.4, -0.2) is 29.6 Å². The number of nitrogens with one attached hydrogen (secondary N) is 1. The molecule has 0 aliphatic carbocycles. The Morgan fingerprint density at radius 2 is 1.92 bits per heavy atom. The number of ether oxygens (including phenoxy) is 1. The minimum absolute atomic E-state index is 0.267. The third-order valence-corrected chi connectivity index (χ3v) is 4.57. The molecule has 1 heterocycles. The van der Waals surface area contributed by atoms with Gasteiger partial charge in [-0.3, -0.25) is 15.0 Å². The molecule has 0 bridgehead atoms. The maximum Gasteiger partial charge on any atom is 0.414 e. The smallest absolute Gasteiger partial charge is 0.414 e. The minimum atomic E-state index is -0.611. The summed E-state index contributed by atoms with van der Waals surface area (Å²) in [5.41, 5.74) is 7.29. The standard InChI is InChI=1S/C18H24N4O3S/c1-10-11(2)26-16(20-10)21-15(23)13-9-12(7-8-14(13)19)22(6)17(24)25-18(3,4)5/h7-9H,19H2,1-6H3,(H,20,21,23). The van der Waals surface area contributed by atoms with Crippen LogP contribution in [0.2, 0.25) is 0 Å². The van der Waals surface area contributed by atoms with Crippen molar-refractivity contribution in [2.75, 3.05) is 23.0 Å². The van der Waals surface area contributed by atoms with Gasteiger partial charge < -0.3 is 10.5 Å². The molecule has 140 valence electrons. The highest BCUT2D eigenvalue weighted by atomic mass is 32.1. The van der Waals surface area contributed by atoms with E-state index in [0.717, 1.165) is 10.6 Å². The largest absolute Gasteiger partial charge is 0.443 e. The number of nitrogens with zero attached hydrogens (tertiary/aromatic N) is 2. The zero-order chi connectivity index (χ0) is 19.6. The molecule has 0 radical (unpaired) electrons. The number of benzene rings is 1. The first-order chi connectivity index (χ1) is 12.0. The van der Waals surface area contributed by atoms with Gasteiger partial charge in [-0.25, -0.2) is 9.78 Å². The summed E-state index contributed by atoms with van der Waals surface area (Å²) in [5.74, 6) is -0.379. The Kier molecular flexibility index (Phi) is 5.56. The molecule has 8 heteroatoms. The molecule has 1 aromatic heterocycles. The Balaban J connectivity index is 2.23. The van der Waals surface area contributed by atoms with Gasteiger partial charge in [0.2, 0.25) is 0 Å². The monoisotopic (exact) mass is 376 g/mol. The Labute approximate surface area is 157 Å². The number of carbonyl (C=O) groups excluding carboxylic acids is 2. The third-order valence-electron chi connectivity index (χ3n) is 3.59. The molecule has 1 aromatic carbocycles. The van der Waals surface area contributed by atoms with E-state index in [2.05, 4.69) is 10.3 Å². The molecule has 0 saturated heterocycles. The highest BCUT2D eigenvalue weighted by Crippen LogP contribution is 2.25. The summed E-state index contributed by atoms with van der Waals surface area (Å²) in [6.07, 6.45) is -0.514. The van der Waals surface area contributed by atoms with Gasteiger partial charge >= 0.3 is 6.09 Å². The first-order valence-electron chi connectivity index (χ1n) is 8.09. The number of hydrogen-bond acceptors (Lipinski definition) is 6.